The Balaban J connectivity index is 1.72. The van der Waals surface area contributed by atoms with Crippen molar-refractivity contribution in [1.82, 2.24) is 4.57 Å². The number of methoxy groups -OCH3 is 2. The molecule has 0 fully saturated rings. The van der Waals surface area contributed by atoms with Crippen molar-refractivity contribution in [2.24, 2.45) is 4.99 Å². The van der Waals surface area contributed by atoms with Crippen LogP contribution in [-0.2, 0) is 4.79 Å². The first-order valence-corrected chi connectivity index (χ1v) is 12.9. The Hall–Kier alpha value is -3.89. The Morgan fingerprint density at radius 3 is 2.59 bits per heavy atom. The van der Waals surface area contributed by atoms with Crippen molar-refractivity contribution >= 4 is 44.9 Å². The number of carbonyl (C=O) groups excluding carboxylic acids is 1. The minimum Gasteiger partial charge on any atom is -0.497 e. The van der Waals surface area contributed by atoms with Gasteiger partial charge in [-0.25, -0.2) is 4.99 Å². The molecule has 8 nitrogen and oxygen atoms in total. The Morgan fingerprint density at radius 1 is 1.14 bits per heavy atom. The SMILES string of the molecule is COc1ccc([C@H]2C(C(=O)Nc3ccccc3)=C(C)N=c3s/c(=C\c4ccc(Br)o4)c(=O)n32)c(OC)c1. The molecule has 10 heteroatoms. The zero-order valence-electron chi connectivity index (χ0n) is 20.2. The number of para-hydroxylation sites is 1. The monoisotopic (exact) mass is 579 g/mol. The summed E-state index contributed by atoms with van der Waals surface area (Å²) in [6.45, 7) is 1.77. The minimum atomic E-state index is -0.786. The second-order valence-electron chi connectivity index (χ2n) is 8.15. The van der Waals surface area contributed by atoms with Crippen LogP contribution in [0.5, 0.6) is 11.5 Å². The molecule has 1 atom stereocenters. The number of allylic oxidation sites excluding steroid dienone is 1. The van der Waals surface area contributed by atoms with Crippen molar-refractivity contribution in [3.63, 3.8) is 0 Å². The molecule has 0 radical (unpaired) electrons. The molecule has 1 aliphatic heterocycles. The van der Waals surface area contributed by atoms with Gasteiger partial charge in [0, 0.05) is 23.4 Å². The van der Waals surface area contributed by atoms with Crippen molar-refractivity contribution < 1.29 is 18.7 Å². The number of aromatic nitrogens is 1. The van der Waals surface area contributed by atoms with E-state index in [1.54, 1.807) is 62.6 Å². The lowest BCUT2D eigenvalue weighted by molar-refractivity contribution is -0.113. The average Bonchev–Trinajstić information content (AvgIpc) is 3.45. The summed E-state index contributed by atoms with van der Waals surface area (Å²) >= 11 is 4.52. The van der Waals surface area contributed by atoms with Gasteiger partial charge in [-0.05, 0) is 59.3 Å². The highest BCUT2D eigenvalue weighted by atomic mass is 79.9. The molecule has 0 aliphatic carbocycles. The van der Waals surface area contributed by atoms with Gasteiger partial charge in [0.05, 0.1) is 30.0 Å². The third-order valence-electron chi connectivity index (χ3n) is 5.90. The zero-order chi connectivity index (χ0) is 26.1. The first kappa shape index (κ1) is 24.8. The molecule has 0 saturated carbocycles. The highest BCUT2D eigenvalue weighted by Gasteiger charge is 2.34. The van der Waals surface area contributed by atoms with E-state index in [9.17, 15) is 9.59 Å². The maximum atomic E-state index is 13.8. The van der Waals surface area contributed by atoms with E-state index in [4.69, 9.17) is 13.9 Å². The first-order chi connectivity index (χ1) is 17.9. The second kappa shape index (κ2) is 10.2. The number of thiazole rings is 1. The normalized spacial score (nSPS) is 15.2. The largest absolute Gasteiger partial charge is 0.497 e. The summed E-state index contributed by atoms with van der Waals surface area (Å²) in [7, 11) is 3.10. The lowest BCUT2D eigenvalue weighted by atomic mass is 9.94. The van der Waals surface area contributed by atoms with Gasteiger partial charge in [0.2, 0.25) is 0 Å². The number of fused-ring (bicyclic) bond motifs is 1. The number of nitrogens with zero attached hydrogens (tertiary/aromatic N) is 2. The number of amides is 1. The molecule has 188 valence electrons. The third kappa shape index (κ3) is 4.77. The summed E-state index contributed by atoms with van der Waals surface area (Å²) in [5.74, 6) is 1.23. The van der Waals surface area contributed by atoms with E-state index < -0.39 is 6.04 Å². The van der Waals surface area contributed by atoms with Gasteiger partial charge in [0.1, 0.15) is 23.3 Å². The van der Waals surface area contributed by atoms with E-state index in [1.165, 1.54) is 23.0 Å². The average molecular weight is 580 g/mol. The van der Waals surface area contributed by atoms with Crippen LogP contribution in [0.3, 0.4) is 0 Å². The standard InChI is InChI=1S/C27H22BrN3O5S/c1-15-23(25(32)30-16-7-5-4-6-8-16)24(19-11-9-17(34-2)13-20(19)35-3)31-26(33)21(37-27(31)29-15)14-18-10-12-22(28)36-18/h4-14,24H,1-3H3,(H,30,32)/b21-14-/t24-/m0/s1. The molecule has 0 saturated heterocycles. The number of furan rings is 1. The van der Waals surface area contributed by atoms with Gasteiger partial charge in [-0.3, -0.25) is 14.2 Å². The van der Waals surface area contributed by atoms with Crippen LogP contribution in [0.1, 0.15) is 24.3 Å². The molecule has 2 aromatic carbocycles. The van der Waals surface area contributed by atoms with Gasteiger partial charge >= 0.3 is 0 Å². The fourth-order valence-corrected chi connectivity index (χ4v) is 5.55. The van der Waals surface area contributed by atoms with Crippen molar-refractivity contribution in [2.75, 3.05) is 19.5 Å². The van der Waals surface area contributed by atoms with Crippen molar-refractivity contribution in [3.8, 4) is 11.5 Å². The maximum absolute atomic E-state index is 13.8. The van der Waals surface area contributed by atoms with Crippen LogP contribution >= 0.6 is 27.3 Å². The van der Waals surface area contributed by atoms with Crippen molar-refractivity contribution in [3.05, 3.63) is 108 Å². The number of hydrogen-bond donors (Lipinski definition) is 1. The molecule has 0 unspecified atom stereocenters. The lowest BCUT2D eigenvalue weighted by Crippen LogP contribution is -2.40. The number of anilines is 1. The molecule has 1 amide bonds. The van der Waals surface area contributed by atoms with Gasteiger partial charge in [-0.15, -0.1) is 0 Å². The first-order valence-electron chi connectivity index (χ1n) is 11.3. The van der Waals surface area contributed by atoms with E-state index in [2.05, 4.69) is 26.2 Å². The molecule has 5 rings (SSSR count). The van der Waals surface area contributed by atoms with Gasteiger partial charge in [-0.2, -0.15) is 0 Å². The van der Waals surface area contributed by atoms with Crippen LogP contribution in [-0.4, -0.2) is 24.7 Å². The fourth-order valence-electron chi connectivity index (χ4n) is 4.21. The molecule has 1 N–H and O–H groups in total. The van der Waals surface area contributed by atoms with E-state index in [-0.39, 0.29) is 11.5 Å². The fraction of sp³-hybridized carbons (Fsp3) is 0.148. The smallest absolute Gasteiger partial charge is 0.271 e. The van der Waals surface area contributed by atoms with Crippen molar-refractivity contribution in [2.45, 2.75) is 13.0 Å². The Morgan fingerprint density at radius 2 is 1.92 bits per heavy atom. The Bertz CT molecular complexity index is 1700. The number of ether oxygens (including phenoxy) is 2. The van der Waals surface area contributed by atoms with Crippen LogP contribution in [0.15, 0.2) is 90.8 Å². The van der Waals surface area contributed by atoms with Gasteiger partial charge < -0.3 is 19.2 Å². The summed E-state index contributed by atoms with van der Waals surface area (Å²) in [4.78, 5) is 32.6. The van der Waals surface area contributed by atoms with Crippen LogP contribution in [0, 0.1) is 0 Å². The van der Waals surface area contributed by atoms with E-state index in [0.29, 0.717) is 53.8 Å². The summed E-state index contributed by atoms with van der Waals surface area (Å²) in [6, 6.07) is 17.2. The number of nitrogens with one attached hydrogen (secondary N) is 1. The predicted molar refractivity (Wildman–Crippen MR) is 145 cm³/mol. The van der Waals surface area contributed by atoms with Crippen molar-refractivity contribution in [1.29, 1.82) is 0 Å². The molecule has 3 heterocycles. The molecule has 0 spiro atoms. The summed E-state index contributed by atoms with van der Waals surface area (Å²) in [6.07, 6.45) is 1.67. The molecule has 2 aromatic heterocycles. The highest BCUT2D eigenvalue weighted by molar-refractivity contribution is 9.10. The van der Waals surface area contributed by atoms with Gasteiger partial charge in [0.25, 0.3) is 11.5 Å². The highest BCUT2D eigenvalue weighted by Crippen LogP contribution is 2.37. The molecule has 0 bridgehead atoms. The van der Waals surface area contributed by atoms with E-state index in [1.807, 2.05) is 18.2 Å². The van der Waals surface area contributed by atoms with Crippen LogP contribution < -0.4 is 29.7 Å². The maximum Gasteiger partial charge on any atom is 0.271 e. The van der Waals surface area contributed by atoms with E-state index >= 15 is 0 Å². The number of benzene rings is 2. The molecular formula is C27H22BrN3O5S. The lowest BCUT2D eigenvalue weighted by Gasteiger charge is -2.26. The number of carbonyl (C=O) groups is 1. The molecule has 1 aliphatic rings. The van der Waals surface area contributed by atoms with Crippen LogP contribution in [0.25, 0.3) is 6.08 Å². The second-order valence-corrected chi connectivity index (χ2v) is 9.94. The number of hydrogen-bond acceptors (Lipinski definition) is 7. The summed E-state index contributed by atoms with van der Waals surface area (Å²) < 4.78 is 19.1. The zero-order valence-corrected chi connectivity index (χ0v) is 22.6. The van der Waals surface area contributed by atoms with Gasteiger partial charge in [-0.1, -0.05) is 29.5 Å². The van der Waals surface area contributed by atoms with Crippen LogP contribution in [0.2, 0.25) is 0 Å². The van der Waals surface area contributed by atoms with Gasteiger partial charge in [0.15, 0.2) is 9.47 Å². The topological polar surface area (TPSA) is 95.1 Å². The Labute approximate surface area is 224 Å². The summed E-state index contributed by atoms with van der Waals surface area (Å²) in [5, 5.41) is 2.94. The third-order valence-corrected chi connectivity index (χ3v) is 7.31. The van der Waals surface area contributed by atoms with E-state index in [0.717, 1.165) is 0 Å². The molecule has 37 heavy (non-hydrogen) atoms. The number of halogens is 1. The summed E-state index contributed by atoms with van der Waals surface area (Å²) in [5.41, 5.74) is 1.81. The molecular weight excluding hydrogens is 558 g/mol. The quantitative estimate of drug-likeness (QED) is 0.368. The Kier molecular flexibility index (Phi) is 6.86. The number of rotatable bonds is 6. The minimum absolute atomic E-state index is 0.295. The predicted octanol–water partition coefficient (Wildman–Crippen LogP) is 4.25. The van der Waals surface area contributed by atoms with Crippen LogP contribution in [0.4, 0.5) is 5.69 Å². The molecule has 4 aromatic rings.